The number of hydrogen-bond donors (Lipinski definition) is 1. The van der Waals surface area contributed by atoms with Crippen LogP contribution in [0.5, 0.6) is 0 Å². The van der Waals surface area contributed by atoms with Gasteiger partial charge in [-0.3, -0.25) is 9.48 Å². The van der Waals surface area contributed by atoms with Crippen LogP contribution in [0.2, 0.25) is 0 Å². The van der Waals surface area contributed by atoms with E-state index in [1.165, 1.54) is 0 Å². The van der Waals surface area contributed by atoms with Gasteiger partial charge in [0, 0.05) is 25.7 Å². The number of anilines is 1. The number of rotatable bonds is 2. The van der Waals surface area contributed by atoms with E-state index in [0.29, 0.717) is 17.8 Å². The van der Waals surface area contributed by atoms with Gasteiger partial charge in [0.15, 0.2) is 11.4 Å². The first-order valence-electron chi connectivity index (χ1n) is 6.60. The Morgan fingerprint density at radius 2 is 2.14 bits per heavy atom. The third-order valence-corrected chi connectivity index (χ3v) is 3.52. The molecule has 6 heteroatoms. The number of ether oxygens (including phenoxy) is 1. The number of nitrogens with zero attached hydrogens (tertiary/aromatic N) is 2. The molecule has 1 unspecified atom stereocenters. The maximum Gasteiger partial charge on any atom is 0.339 e. The summed E-state index contributed by atoms with van der Waals surface area (Å²) in [5.41, 5.74) is 0.0937. The number of benzene rings is 1. The molecule has 2 heterocycles. The first-order chi connectivity index (χ1) is 9.98. The molecule has 108 valence electrons. The van der Waals surface area contributed by atoms with Gasteiger partial charge >= 0.3 is 5.97 Å². The zero-order valence-corrected chi connectivity index (χ0v) is 11.8. The molecule has 3 rings (SSSR count). The van der Waals surface area contributed by atoms with Crippen LogP contribution in [0.15, 0.2) is 36.5 Å². The summed E-state index contributed by atoms with van der Waals surface area (Å²) < 4.78 is 6.94. The summed E-state index contributed by atoms with van der Waals surface area (Å²) in [6.45, 7) is 1.61. The van der Waals surface area contributed by atoms with Crippen LogP contribution in [0.3, 0.4) is 0 Å². The summed E-state index contributed by atoms with van der Waals surface area (Å²) in [4.78, 5) is 24.5. The number of carbonyl (C=O) groups excluding carboxylic acids is 2. The monoisotopic (exact) mass is 285 g/mol. The number of cyclic esters (lactones) is 1. The molecular weight excluding hydrogens is 270 g/mol. The standard InChI is InChI=1S/C15H15N3O3/c1-15(14(20)16-12-7-8-18(2)17-12)9-10-5-3-4-6-11(10)13(19)21-15/h3-8H,9H2,1-2H3,(H,16,17,20). The predicted octanol–water partition coefficient (Wildman–Crippen LogP) is 1.53. The number of fused-ring (bicyclic) bond motifs is 1. The number of esters is 1. The molecule has 1 atom stereocenters. The first kappa shape index (κ1) is 13.4. The zero-order valence-electron chi connectivity index (χ0n) is 11.8. The predicted molar refractivity (Wildman–Crippen MR) is 75.8 cm³/mol. The molecule has 21 heavy (non-hydrogen) atoms. The third-order valence-electron chi connectivity index (χ3n) is 3.52. The highest BCUT2D eigenvalue weighted by Gasteiger charge is 2.42. The molecule has 1 aromatic carbocycles. The summed E-state index contributed by atoms with van der Waals surface area (Å²) >= 11 is 0. The second-order valence-corrected chi connectivity index (χ2v) is 5.28. The topological polar surface area (TPSA) is 73.2 Å². The Hall–Kier alpha value is -2.63. The Morgan fingerprint density at radius 1 is 1.38 bits per heavy atom. The number of nitrogens with one attached hydrogen (secondary N) is 1. The highest BCUT2D eigenvalue weighted by molar-refractivity contribution is 6.02. The molecule has 1 aliphatic rings. The van der Waals surface area contributed by atoms with E-state index < -0.39 is 11.6 Å². The van der Waals surface area contributed by atoms with Crippen molar-refractivity contribution < 1.29 is 14.3 Å². The van der Waals surface area contributed by atoms with Gasteiger partial charge in [-0.25, -0.2) is 4.79 Å². The fourth-order valence-electron chi connectivity index (χ4n) is 2.39. The first-order valence-corrected chi connectivity index (χ1v) is 6.60. The lowest BCUT2D eigenvalue weighted by molar-refractivity contribution is -0.134. The van der Waals surface area contributed by atoms with Crippen molar-refractivity contribution in [2.24, 2.45) is 7.05 Å². The molecule has 0 radical (unpaired) electrons. The number of hydrogen-bond acceptors (Lipinski definition) is 4. The van der Waals surface area contributed by atoms with Gasteiger partial charge in [-0.15, -0.1) is 0 Å². The molecule has 6 nitrogen and oxygen atoms in total. The van der Waals surface area contributed by atoms with Crippen LogP contribution in [0.25, 0.3) is 0 Å². The molecule has 0 saturated carbocycles. The molecule has 0 saturated heterocycles. The van der Waals surface area contributed by atoms with Gasteiger partial charge in [0.1, 0.15) is 0 Å². The van der Waals surface area contributed by atoms with Crippen molar-refractivity contribution in [3.8, 4) is 0 Å². The third kappa shape index (κ3) is 2.40. The van der Waals surface area contributed by atoms with Gasteiger partial charge in [-0.05, 0) is 18.6 Å². The lowest BCUT2D eigenvalue weighted by atomic mass is 9.89. The van der Waals surface area contributed by atoms with E-state index in [2.05, 4.69) is 10.4 Å². The summed E-state index contributed by atoms with van der Waals surface area (Å²) in [5.74, 6) is -0.432. The van der Waals surface area contributed by atoms with E-state index in [4.69, 9.17) is 4.74 Å². The van der Waals surface area contributed by atoms with E-state index in [9.17, 15) is 9.59 Å². The fourth-order valence-corrected chi connectivity index (χ4v) is 2.39. The Bertz CT molecular complexity index is 722. The van der Waals surface area contributed by atoms with E-state index in [1.54, 1.807) is 43.0 Å². The van der Waals surface area contributed by atoms with E-state index in [-0.39, 0.29) is 5.91 Å². The number of aryl methyl sites for hydroxylation is 1. The normalized spacial score (nSPS) is 20.6. The average Bonchev–Trinajstić information content (AvgIpc) is 2.84. The van der Waals surface area contributed by atoms with Crippen LogP contribution < -0.4 is 5.32 Å². The van der Waals surface area contributed by atoms with Crippen LogP contribution in [0.4, 0.5) is 5.82 Å². The van der Waals surface area contributed by atoms with Crippen LogP contribution in [0.1, 0.15) is 22.8 Å². The second kappa shape index (κ2) is 4.73. The highest BCUT2D eigenvalue weighted by Crippen LogP contribution is 2.29. The van der Waals surface area contributed by atoms with Gasteiger partial charge < -0.3 is 10.1 Å². The second-order valence-electron chi connectivity index (χ2n) is 5.28. The largest absolute Gasteiger partial charge is 0.445 e. The van der Waals surface area contributed by atoms with Crippen molar-refractivity contribution in [3.05, 3.63) is 47.7 Å². The van der Waals surface area contributed by atoms with Crippen molar-refractivity contribution in [2.75, 3.05) is 5.32 Å². The van der Waals surface area contributed by atoms with Crippen LogP contribution in [0, 0.1) is 0 Å². The molecule has 1 N–H and O–H groups in total. The van der Waals surface area contributed by atoms with Crippen LogP contribution >= 0.6 is 0 Å². The summed E-state index contributed by atoms with van der Waals surface area (Å²) in [5, 5.41) is 6.76. The average molecular weight is 285 g/mol. The lowest BCUT2D eigenvalue weighted by Crippen LogP contribution is -2.49. The molecule has 1 amide bonds. The molecule has 0 bridgehead atoms. The summed E-state index contributed by atoms with van der Waals surface area (Å²) in [7, 11) is 1.76. The van der Waals surface area contributed by atoms with E-state index in [1.807, 2.05) is 12.1 Å². The van der Waals surface area contributed by atoms with Crippen molar-refractivity contribution in [1.82, 2.24) is 9.78 Å². The quantitative estimate of drug-likeness (QED) is 0.849. The maximum absolute atomic E-state index is 12.4. The molecule has 2 aromatic rings. The number of carbonyl (C=O) groups is 2. The molecule has 0 spiro atoms. The molecule has 1 aromatic heterocycles. The molecular formula is C15H15N3O3. The molecule has 0 aliphatic carbocycles. The maximum atomic E-state index is 12.4. The van der Waals surface area contributed by atoms with Crippen molar-refractivity contribution in [3.63, 3.8) is 0 Å². The van der Waals surface area contributed by atoms with Gasteiger partial charge in [0.2, 0.25) is 0 Å². The van der Waals surface area contributed by atoms with Gasteiger partial charge in [0.05, 0.1) is 5.56 Å². The van der Waals surface area contributed by atoms with E-state index >= 15 is 0 Å². The Morgan fingerprint density at radius 3 is 2.86 bits per heavy atom. The molecule has 1 aliphatic heterocycles. The Balaban J connectivity index is 1.85. The van der Waals surface area contributed by atoms with E-state index in [0.717, 1.165) is 5.56 Å². The zero-order chi connectivity index (χ0) is 15.0. The SMILES string of the molecule is Cn1ccc(NC(=O)C2(C)Cc3ccccc3C(=O)O2)n1. The smallest absolute Gasteiger partial charge is 0.339 e. The van der Waals surface area contributed by atoms with Crippen LogP contribution in [-0.4, -0.2) is 27.3 Å². The minimum Gasteiger partial charge on any atom is -0.445 e. The van der Waals surface area contributed by atoms with Crippen molar-refractivity contribution in [2.45, 2.75) is 18.9 Å². The van der Waals surface area contributed by atoms with Gasteiger partial charge in [-0.1, -0.05) is 18.2 Å². The number of aromatic nitrogens is 2. The minimum absolute atomic E-state index is 0.341. The summed E-state index contributed by atoms with van der Waals surface area (Å²) in [6.07, 6.45) is 2.06. The van der Waals surface area contributed by atoms with Crippen molar-refractivity contribution >= 4 is 17.7 Å². The lowest BCUT2D eigenvalue weighted by Gasteiger charge is -2.32. The minimum atomic E-state index is -1.23. The van der Waals surface area contributed by atoms with Gasteiger partial charge in [0.25, 0.3) is 5.91 Å². The van der Waals surface area contributed by atoms with Gasteiger partial charge in [-0.2, -0.15) is 5.10 Å². The summed E-state index contributed by atoms with van der Waals surface area (Å²) in [6, 6.07) is 8.83. The Labute approximate surface area is 121 Å². The number of amides is 1. The fraction of sp³-hybridized carbons (Fsp3) is 0.267. The Kier molecular flexibility index (Phi) is 3.01. The molecule has 0 fully saturated rings. The van der Waals surface area contributed by atoms with Crippen LogP contribution in [-0.2, 0) is 23.0 Å². The van der Waals surface area contributed by atoms with Crippen molar-refractivity contribution in [1.29, 1.82) is 0 Å². The highest BCUT2D eigenvalue weighted by atomic mass is 16.6.